The summed E-state index contributed by atoms with van der Waals surface area (Å²) in [5.74, 6) is 1.47. The lowest BCUT2D eigenvalue weighted by Gasteiger charge is -2.18. The number of likely N-dealkylation sites (N-methyl/N-ethyl adjacent to an activating group) is 1. The van der Waals surface area contributed by atoms with Crippen molar-refractivity contribution in [3.05, 3.63) is 35.2 Å². The second-order valence-corrected chi connectivity index (χ2v) is 8.16. The molecule has 0 radical (unpaired) electrons. The second kappa shape index (κ2) is 8.77. The number of hydrogen-bond acceptors (Lipinski definition) is 5. The van der Waals surface area contributed by atoms with Gasteiger partial charge in [-0.15, -0.1) is 10.2 Å². The fraction of sp³-hybridized carbons (Fsp3) is 0.500. The van der Waals surface area contributed by atoms with Crippen molar-refractivity contribution < 1.29 is 9.59 Å². The highest BCUT2D eigenvalue weighted by Crippen LogP contribution is 2.39. The molecule has 1 aliphatic carbocycles. The van der Waals surface area contributed by atoms with E-state index in [9.17, 15) is 9.59 Å². The minimum atomic E-state index is -0.203. The molecule has 1 aliphatic rings. The standard InChI is InChI=1S/C20H27N5O2S/c1-5-25-19(15-9-10-15)22-23-20(25)28-12-17(27)24(4)11-16(26)21-18-13(2)7-6-8-14(18)3/h6-8,15H,5,9-12H2,1-4H3,(H,21,26). The van der Waals surface area contributed by atoms with E-state index in [0.717, 1.165) is 34.3 Å². The molecule has 1 N–H and O–H groups in total. The number of thioether (sulfide) groups is 1. The van der Waals surface area contributed by atoms with Crippen molar-refractivity contribution in [3.8, 4) is 0 Å². The third kappa shape index (κ3) is 4.73. The number of nitrogens with one attached hydrogen (secondary N) is 1. The maximum Gasteiger partial charge on any atom is 0.243 e. The highest BCUT2D eigenvalue weighted by molar-refractivity contribution is 7.99. The van der Waals surface area contributed by atoms with Gasteiger partial charge in [0, 0.05) is 25.2 Å². The number of para-hydroxylation sites is 1. The predicted octanol–water partition coefficient (Wildman–Crippen LogP) is 2.98. The Balaban J connectivity index is 1.52. The minimum absolute atomic E-state index is 0.0148. The smallest absolute Gasteiger partial charge is 0.243 e. The van der Waals surface area contributed by atoms with E-state index in [4.69, 9.17) is 0 Å². The average Bonchev–Trinajstić information content (AvgIpc) is 3.42. The molecule has 1 saturated carbocycles. The van der Waals surface area contributed by atoms with Gasteiger partial charge in [0.2, 0.25) is 11.8 Å². The number of hydrogen-bond donors (Lipinski definition) is 1. The summed E-state index contributed by atoms with van der Waals surface area (Å²) in [4.78, 5) is 26.3. The molecule has 1 aromatic carbocycles. The first-order chi connectivity index (χ1) is 13.4. The molecule has 0 unspecified atom stereocenters. The van der Waals surface area contributed by atoms with Gasteiger partial charge >= 0.3 is 0 Å². The Kier molecular flexibility index (Phi) is 6.39. The van der Waals surface area contributed by atoms with Crippen LogP contribution in [0.1, 0.15) is 42.6 Å². The van der Waals surface area contributed by atoms with Crippen molar-refractivity contribution in [2.45, 2.75) is 51.2 Å². The summed E-state index contributed by atoms with van der Waals surface area (Å²) < 4.78 is 2.09. The van der Waals surface area contributed by atoms with Crippen molar-refractivity contribution >= 4 is 29.3 Å². The lowest BCUT2D eigenvalue weighted by atomic mass is 10.1. The van der Waals surface area contributed by atoms with Crippen LogP contribution >= 0.6 is 11.8 Å². The van der Waals surface area contributed by atoms with Crippen molar-refractivity contribution in [1.82, 2.24) is 19.7 Å². The Morgan fingerprint density at radius 2 is 1.93 bits per heavy atom. The summed E-state index contributed by atoms with van der Waals surface area (Å²) in [5, 5.41) is 12.2. The quantitative estimate of drug-likeness (QED) is 0.688. The van der Waals surface area contributed by atoms with Crippen molar-refractivity contribution in [2.24, 2.45) is 0 Å². The third-order valence-electron chi connectivity index (χ3n) is 4.88. The lowest BCUT2D eigenvalue weighted by molar-refractivity contribution is -0.131. The normalized spacial score (nSPS) is 13.4. The van der Waals surface area contributed by atoms with Gasteiger partial charge in [0.1, 0.15) is 5.82 Å². The van der Waals surface area contributed by atoms with Crippen LogP contribution in [0.2, 0.25) is 0 Å². The monoisotopic (exact) mass is 401 g/mol. The molecule has 3 rings (SSSR count). The lowest BCUT2D eigenvalue weighted by Crippen LogP contribution is -2.36. The first-order valence-corrected chi connectivity index (χ1v) is 10.5. The maximum atomic E-state index is 12.5. The third-order valence-corrected chi connectivity index (χ3v) is 5.83. The van der Waals surface area contributed by atoms with Crippen LogP contribution in [0.4, 0.5) is 5.69 Å². The number of rotatable bonds is 8. The zero-order valence-corrected chi connectivity index (χ0v) is 17.7. The van der Waals surface area contributed by atoms with Gasteiger partial charge in [0.05, 0.1) is 12.3 Å². The fourth-order valence-electron chi connectivity index (χ4n) is 3.08. The van der Waals surface area contributed by atoms with E-state index in [-0.39, 0.29) is 24.1 Å². The molecule has 8 heteroatoms. The second-order valence-electron chi connectivity index (χ2n) is 7.21. The first kappa shape index (κ1) is 20.4. The van der Waals surface area contributed by atoms with Crippen LogP contribution < -0.4 is 5.32 Å². The molecular formula is C20H27N5O2S. The molecular weight excluding hydrogens is 374 g/mol. The van der Waals surface area contributed by atoms with Gasteiger partial charge < -0.3 is 14.8 Å². The molecule has 2 amide bonds. The van der Waals surface area contributed by atoms with Gasteiger partial charge in [-0.2, -0.15) is 0 Å². The van der Waals surface area contributed by atoms with E-state index < -0.39 is 0 Å². The van der Waals surface area contributed by atoms with Gasteiger partial charge in [-0.3, -0.25) is 9.59 Å². The Morgan fingerprint density at radius 1 is 1.25 bits per heavy atom. The summed E-state index contributed by atoms with van der Waals surface area (Å²) in [6.07, 6.45) is 2.33. The summed E-state index contributed by atoms with van der Waals surface area (Å²) in [6, 6.07) is 5.86. The van der Waals surface area contributed by atoms with Crippen LogP contribution in [0.15, 0.2) is 23.4 Å². The highest BCUT2D eigenvalue weighted by atomic mass is 32.2. The molecule has 0 bridgehead atoms. The van der Waals surface area contributed by atoms with Gasteiger partial charge in [-0.1, -0.05) is 30.0 Å². The summed E-state index contributed by atoms with van der Waals surface area (Å²) in [7, 11) is 1.65. The SMILES string of the molecule is CCn1c(SCC(=O)N(C)CC(=O)Nc2c(C)cccc2C)nnc1C1CC1. The number of aryl methyl sites for hydroxylation is 2. The Hall–Kier alpha value is -2.35. The minimum Gasteiger partial charge on any atom is -0.336 e. The molecule has 0 atom stereocenters. The molecule has 150 valence electrons. The maximum absolute atomic E-state index is 12.5. The van der Waals surface area contributed by atoms with E-state index >= 15 is 0 Å². The molecule has 28 heavy (non-hydrogen) atoms. The van der Waals surface area contributed by atoms with E-state index in [2.05, 4.69) is 27.0 Å². The van der Waals surface area contributed by atoms with Crippen LogP contribution in [-0.2, 0) is 16.1 Å². The van der Waals surface area contributed by atoms with Crippen LogP contribution in [0.3, 0.4) is 0 Å². The molecule has 2 aromatic rings. The summed E-state index contributed by atoms with van der Waals surface area (Å²) in [6.45, 7) is 6.78. The van der Waals surface area contributed by atoms with E-state index in [0.29, 0.717) is 5.92 Å². The molecule has 7 nitrogen and oxygen atoms in total. The zero-order chi connectivity index (χ0) is 20.3. The van der Waals surface area contributed by atoms with E-state index in [1.54, 1.807) is 7.05 Å². The topological polar surface area (TPSA) is 80.1 Å². The molecule has 0 spiro atoms. The Labute approximate surface area is 169 Å². The summed E-state index contributed by atoms with van der Waals surface area (Å²) >= 11 is 1.38. The van der Waals surface area contributed by atoms with Gasteiger partial charge in [0.15, 0.2) is 5.16 Å². The van der Waals surface area contributed by atoms with Gasteiger partial charge in [0.25, 0.3) is 0 Å². The fourth-order valence-corrected chi connectivity index (χ4v) is 4.03. The Morgan fingerprint density at radius 3 is 2.54 bits per heavy atom. The Bertz CT molecular complexity index is 855. The molecule has 0 saturated heterocycles. The molecule has 1 heterocycles. The van der Waals surface area contributed by atoms with Crippen molar-refractivity contribution in [1.29, 1.82) is 0 Å². The van der Waals surface area contributed by atoms with Gasteiger partial charge in [-0.25, -0.2) is 0 Å². The number of anilines is 1. The number of aromatic nitrogens is 3. The van der Waals surface area contributed by atoms with E-state index in [1.165, 1.54) is 29.5 Å². The number of benzene rings is 1. The van der Waals surface area contributed by atoms with Gasteiger partial charge in [-0.05, 0) is 44.7 Å². The molecule has 1 fully saturated rings. The number of nitrogens with zero attached hydrogens (tertiary/aromatic N) is 4. The number of amides is 2. The van der Waals surface area contributed by atoms with Crippen molar-refractivity contribution in [3.63, 3.8) is 0 Å². The number of carbonyl (C=O) groups is 2. The molecule has 0 aliphatic heterocycles. The highest BCUT2D eigenvalue weighted by Gasteiger charge is 2.30. The van der Waals surface area contributed by atoms with Crippen LogP contribution in [0, 0.1) is 13.8 Å². The average molecular weight is 402 g/mol. The zero-order valence-electron chi connectivity index (χ0n) is 16.9. The largest absolute Gasteiger partial charge is 0.336 e. The number of carbonyl (C=O) groups excluding carboxylic acids is 2. The van der Waals surface area contributed by atoms with Crippen LogP contribution in [0.5, 0.6) is 0 Å². The van der Waals surface area contributed by atoms with E-state index in [1.807, 2.05) is 32.0 Å². The van der Waals surface area contributed by atoms with Crippen LogP contribution in [-0.4, -0.2) is 50.8 Å². The predicted molar refractivity (Wildman–Crippen MR) is 111 cm³/mol. The first-order valence-electron chi connectivity index (χ1n) is 9.56. The van der Waals surface area contributed by atoms with Crippen LogP contribution in [0.25, 0.3) is 0 Å². The molecule has 1 aromatic heterocycles. The summed E-state index contributed by atoms with van der Waals surface area (Å²) in [5.41, 5.74) is 2.82. The van der Waals surface area contributed by atoms with Crippen molar-refractivity contribution in [2.75, 3.05) is 24.7 Å².